The molecule has 2 aromatic carbocycles. The maximum atomic E-state index is 4.39. The number of likely N-dealkylation sites (tertiary alicyclic amines) is 1. The summed E-state index contributed by atoms with van der Waals surface area (Å²) in [5, 5.41) is 0. The Hall–Kier alpha value is -2.45. The fourth-order valence-electron chi connectivity index (χ4n) is 4.61. The van der Waals surface area contributed by atoms with E-state index in [-0.39, 0.29) is 0 Å². The van der Waals surface area contributed by atoms with Crippen molar-refractivity contribution in [1.29, 1.82) is 0 Å². The molecule has 1 fully saturated rings. The zero-order valence-corrected chi connectivity index (χ0v) is 14.8. The van der Waals surface area contributed by atoms with E-state index in [4.69, 9.17) is 0 Å². The summed E-state index contributed by atoms with van der Waals surface area (Å²) >= 11 is 0. The van der Waals surface area contributed by atoms with Gasteiger partial charge in [-0.3, -0.25) is 4.98 Å². The average molecular weight is 329 g/mol. The summed E-state index contributed by atoms with van der Waals surface area (Å²) in [4.78, 5) is 4.39. The second-order valence-corrected chi connectivity index (χ2v) is 7.24. The summed E-state index contributed by atoms with van der Waals surface area (Å²) in [7, 11) is 2.43. The van der Waals surface area contributed by atoms with Crippen LogP contribution in [0.4, 0.5) is 0 Å². The van der Waals surface area contributed by atoms with Gasteiger partial charge in [-0.25, -0.2) is 0 Å². The van der Waals surface area contributed by atoms with Crippen LogP contribution in [0.25, 0.3) is 0 Å². The first-order chi connectivity index (χ1) is 12.3. The number of quaternary nitrogens is 1. The van der Waals surface area contributed by atoms with E-state index in [0.717, 1.165) is 4.48 Å². The second-order valence-electron chi connectivity index (χ2n) is 7.24. The molecule has 1 saturated heterocycles. The van der Waals surface area contributed by atoms with Crippen molar-refractivity contribution >= 4 is 0 Å². The summed E-state index contributed by atoms with van der Waals surface area (Å²) in [5.41, 5.74) is 4.15. The highest BCUT2D eigenvalue weighted by atomic mass is 15.4. The van der Waals surface area contributed by atoms with Crippen molar-refractivity contribution in [3.8, 4) is 0 Å². The normalized spacial score (nSPS) is 23.0. The Kier molecular flexibility index (Phi) is 4.37. The van der Waals surface area contributed by atoms with Gasteiger partial charge < -0.3 is 4.48 Å². The van der Waals surface area contributed by atoms with Crippen molar-refractivity contribution in [3.63, 3.8) is 0 Å². The predicted octanol–water partition coefficient (Wildman–Crippen LogP) is 5.15. The molecule has 0 spiro atoms. The van der Waals surface area contributed by atoms with E-state index in [1.807, 2.05) is 6.20 Å². The van der Waals surface area contributed by atoms with E-state index in [1.54, 1.807) is 0 Å². The van der Waals surface area contributed by atoms with Crippen LogP contribution in [0.5, 0.6) is 0 Å². The Labute approximate surface area is 150 Å². The summed E-state index contributed by atoms with van der Waals surface area (Å²) < 4.78 is 1.01. The first kappa shape index (κ1) is 16.0. The molecule has 2 atom stereocenters. The Morgan fingerprint density at radius 1 is 0.880 bits per heavy atom. The van der Waals surface area contributed by atoms with Crippen LogP contribution in [0.2, 0.25) is 0 Å². The van der Waals surface area contributed by atoms with Crippen LogP contribution >= 0.6 is 0 Å². The lowest BCUT2D eigenvalue weighted by Gasteiger charge is -2.43. The third-order valence-electron chi connectivity index (χ3n) is 5.72. The number of nitrogens with zero attached hydrogens (tertiary/aromatic N) is 2. The molecule has 0 bridgehead atoms. The maximum Gasteiger partial charge on any atom is 0.141 e. The lowest BCUT2D eigenvalue weighted by Crippen LogP contribution is -2.46. The van der Waals surface area contributed by atoms with Crippen LogP contribution in [-0.2, 0) is 0 Å². The molecule has 2 nitrogen and oxygen atoms in total. The third-order valence-corrected chi connectivity index (χ3v) is 5.72. The molecule has 2 heterocycles. The zero-order valence-electron chi connectivity index (χ0n) is 14.8. The highest BCUT2D eigenvalue weighted by Gasteiger charge is 2.46. The van der Waals surface area contributed by atoms with Gasteiger partial charge >= 0.3 is 0 Å². The van der Waals surface area contributed by atoms with Crippen molar-refractivity contribution in [2.45, 2.75) is 24.9 Å². The molecule has 126 valence electrons. The Bertz CT molecular complexity index is 762. The maximum absolute atomic E-state index is 4.39. The molecule has 4 rings (SSSR count). The molecule has 1 unspecified atom stereocenters. The van der Waals surface area contributed by atoms with Crippen molar-refractivity contribution < 1.29 is 4.48 Å². The predicted molar refractivity (Wildman–Crippen MR) is 102 cm³/mol. The molecule has 0 saturated carbocycles. The summed E-state index contributed by atoms with van der Waals surface area (Å²) in [6, 6.07) is 27.1. The number of benzene rings is 2. The molecule has 2 heteroatoms. The van der Waals surface area contributed by atoms with E-state index in [0.29, 0.717) is 12.1 Å². The molecule has 0 radical (unpaired) electrons. The van der Waals surface area contributed by atoms with E-state index in [1.165, 1.54) is 36.1 Å². The highest BCUT2D eigenvalue weighted by molar-refractivity contribution is 5.30. The molecular weight excluding hydrogens is 304 g/mol. The van der Waals surface area contributed by atoms with Crippen molar-refractivity contribution in [2.75, 3.05) is 13.6 Å². The SMILES string of the molecule is C[N+]1(C(c2ccccc2)c2ccccc2)CCC[C@H]1c1cccnc1. The van der Waals surface area contributed by atoms with Crippen LogP contribution in [0.15, 0.2) is 85.2 Å². The van der Waals surface area contributed by atoms with Gasteiger partial charge in [-0.15, -0.1) is 0 Å². The molecule has 1 aliphatic rings. The summed E-state index contributed by atoms with van der Waals surface area (Å²) in [6.45, 7) is 1.19. The van der Waals surface area contributed by atoms with E-state index in [9.17, 15) is 0 Å². The topological polar surface area (TPSA) is 12.9 Å². The Balaban J connectivity index is 1.83. The van der Waals surface area contributed by atoms with E-state index < -0.39 is 0 Å². The van der Waals surface area contributed by atoms with Gasteiger partial charge in [-0.05, 0) is 6.07 Å². The minimum atomic E-state index is 0.343. The standard InChI is InChI=1S/C23H25N2/c1-25(17-9-15-22(25)21-14-8-16-24-18-21)23(19-10-4-2-5-11-19)20-12-6-3-7-13-20/h2-8,10-14,16,18,22-23H,9,15,17H2,1H3/q+1/t22-,25?/m0/s1. The fourth-order valence-corrected chi connectivity index (χ4v) is 4.61. The van der Waals surface area contributed by atoms with Crippen LogP contribution in [0, 0.1) is 0 Å². The van der Waals surface area contributed by atoms with Crippen molar-refractivity contribution in [2.24, 2.45) is 0 Å². The Morgan fingerprint density at radius 3 is 2.08 bits per heavy atom. The number of rotatable bonds is 4. The van der Waals surface area contributed by atoms with Gasteiger partial charge in [0.25, 0.3) is 0 Å². The second kappa shape index (κ2) is 6.81. The van der Waals surface area contributed by atoms with Gasteiger partial charge in [0, 0.05) is 41.9 Å². The van der Waals surface area contributed by atoms with Gasteiger partial charge in [0.1, 0.15) is 12.1 Å². The largest absolute Gasteiger partial charge is 0.310 e. The quantitative estimate of drug-likeness (QED) is 0.603. The van der Waals surface area contributed by atoms with Gasteiger partial charge in [-0.2, -0.15) is 0 Å². The van der Waals surface area contributed by atoms with E-state index >= 15 is 0 Å². The minimum Gasteiger partial charge on any atom is -0.310 e. The van der Waals surface area contributed by atoms with Gasteiger partial charge in [0.2, 0.25) is 0 Å². The molecular formula is C23H25N2+. The van der Waals surface area contributed by atoms with E-state index in [2.05, 4.69) is 91.0 Å². The molecule has 1 aliphatic heterocycles. The summed E-state index contributed by atoms with van der Waals surface area (Å²) in [6.07, 6.45) is 6.40. The molecule has 1 aromatic heterocycles. The van der Waals surface area contributed by atoms with Crippen LogP contribution < -0.4 is 0 Å². The monoisotopic (exact) mass is 329 g/mol. The average Bonchev–Trinajstić information content (AvgIpc) is 3.06. The lowest BCUT2D eigenvalue weighted by atomic mass is 9.92. The van der Waals surface area contributed by atoms with Crippen LogP contribution in [-0.4, -0.2) is 23.1 Å². The number of pyridine rings is 1. The zero-order chi connectivity index (χ0) is 17.1. The lowest BCUT2D eigenvalue weighted by molar-refractivity contribution is -0.950. The number of hydrogen-bond donors (Lipinski definition) is 0. The molecule has 0 aliphatic carbocycles. The van der Waals surface area contributed by atoms with Gasteiger partial charge in [-0.1, -0.05) is 66.7 Å². The van der Waals surface area contributed by atoms with Crippen molar-refractivity contribution in [1.82, 2.24) is 4.98 Å². The summed E-state index contributed by atoms with van der Waals surface area (Å²) in [5.74, 6) is 0. The molecule has 3 aromatic rings. The number of hydrogen-bond acceptors (Lipinski definition) is 1. The van der Waals surface area contributed by atoms with Crippen molar-refractivity contribution in [3.05, 3.63) is 102 Å². The van der Waals surface area contributed by atoms with Crippen LogP contribution in [0.1, 0.15) is 41.6 Å². The minimum absolute atomic E-state index is 0.343. The molecule has 25 heavy (non-hydrogen) atoms. The molecule has 0 amide bonds. The Morgan fingerprint density at radius 2 is 1.52 bits per heavy atom. The third kappa shape index (κ3) is 2.98. The highest BCUT2D eigenvalue weighted by Crippen LogP contribution is 2.47. The van der Waals surface area contributed by atoms with Gasteiger partial charge in [0.05, 0.1) is 13.6 Å². The smallest absolute Gasteiger partial charge is 0.141 e. The fraction of sp³-hybridized carbons (Fsp3) is 0.261. The number of aromatic nitrogens is 1. The first-order valence-electron chi connectivity index (χ1n) is 9.14. The first-order valence-corrected chi connectivity index (χ1v) is 9.14. The molecule has 0 N–H and O–H groups in total. The van der Waals surface area contributed by atoms with Gasteiger partial charge in [0.15, 0.2) is 0 Å². The van der Waals surface area contributed by atoms with Crippen LogP contribution in [0.3, 0.4) is 0 Å².